The molecule has 0 aromatic carbocycles. The number of carbonyl (C=O) groups excluding carboxylic acids is 1. The molecule has 0 aliphatic rings. The summed E-state index contributed by atoms with van der Waals surface area (Å²) in [6, 6.07) is 0.537. The quantitative estimate of drug-likeness (QED) is 0.793. The third-order valence-corrected chi connectivity index (χ3v) is 2.85. The lowest BCUT2D eigenvalue weighted by Gasteiger charge is -2.26. The number of rotatable bonds is 7. The highest BCUT2D eigenvalue weighted by molar-refractivity contribution is 5.76. The van der Waals surface area contributed by atoms with Crippen LogP contribution in [0.3, 0.4) is 0 Å². The van der Waals surface area contributed by atoms with Crippen LogP contribution in [0.2, 0.25) is 0 Å². The number of aromatic nitrogens is 3. The van der Waals surface area contributed by atoms with Crippen LogP contribution in [0, 0.1) is 0 Å². The van der Waals surface area contributed by atoms with Crippen LogP contribution < -0.4 is 10.6 Å². The number of carbonyl (C=O) groups is 1. The first kappa shape index (κ1) is 16.6. The van der Waals surface area contributed by atoms with Crippen molar-refractivity contribution in [3.63, 3.8) is 0 Å². The summed E-state index contributed by atoms with van der Waals surface area (Å²) in [6.07, 6.45) is 2.32. The van der Waals surface area contributed by atoms with Gasteiger partial charge in [-0.1, -0.05) is 19.1 Å². The molecule has 0 bridgehead atoms. The number of hydrogen-bond acceptors (Lipinski definition) is 4. The summed E-state index contributed by atoms with van der Waals surface area (Å²) in [5.74, 6) is 0.0385. The number of hydrogen-bond donors (Lipinski definition) is 2. The zero-order valence-corrected chi connectivity index (χ0v) is 13.4. The van der Waals surface area contributed by atoms with Crippen LogP contribution in [0.4, 0.5) is 0 Å². The lowest BCUT2D eigenvalue weighted by atomic mass is 10.0. The molecule has 0 aliphatic carbocycles. The average Bonchev–Trinajstić information content (AvgIpc) is 2.72. The van der Waals surface area contributed by atoms with Gasteiger partial charge in [0.1, 0.15) is 5.69 Å². The van der Waals surface area contributed by atoms with E-state index in [1.807, 2.05) is 20.0 Å². The van der Waals surface area contributed by atoms with E-state index in [1.165, 1.54) is 0 Å². The summed E-state index contributed by atoms with van der Waals surface area (Å²) in [5, 5.41) is 14.6. The van der Waals surface area contributed by atoms with Gasteiger partial charge in [0.2, 0.25) is 5.91 Å². The lowest BCUT2D eigenvalue weighted by molar-refractivity contribution is -0.121. The minimum atomic E-state index is -0.230. The van der Waals surface area contributed by atoms with Crippen molar-refractivity contribution in [2.75, 3.05) is 0 Å². The Labute approximate surface area is 121 Å². The zero-order chi connectivity index (χ0) is 15.3. The monoisotopic (exact) mass is 281 g/mol. The van der Waals surface area contributed by atoms with Crippen LogP contribution in [0.5, 0.6) is 0 Å². The SMILES string of the molecule is CC(C)NC(=O)CCn1cc(C(C)(C)NC(C)C)nn1. The van der Waals surface area contributed by atoms with E-state index >= 15 is 0 Å². The molecule has 6 nitrogen and oxygen atoms in total. The fourth-order valence-electron chi connectivity index (χ4n) is 2.10. The van der Waals surface area contributed by atoms with Crippen LogP contribution in [0.25, 0.3) is 0 Å². The Balaban J connectivity index is 2.57. The van der Waals surface area contributed by atoms with Gasteiger partial charge in [-0.15, -0.1) is 5.10 Å². The molecule has 0 fully saturated rings. The second kappa shape index (κ2) is 6.83. The zero-order valence-electron chi connectivity index (χ0n) is 13.4. The Morgan fingerprint density at radius 3 is 2.50 bits per heavy atom. The summed E-state index contributed by atoms with van der Waals surface area (Å²) in [4.78, 5) is 11.6. The van der Waals surface area contributed by atoms with Gasteiger partial charge >= 0.3 is 0 Å². The molecule has 0 saturated heterocycles. The molecule has 6 heteroatoms. The molecular weight excluding hydrogens is 254 g/mol. The third kappa shape index (κ3) is 5.28. The molecule has 2 N–H and O–H groups in total. The summed E-state index contributed by atoms with van der Waals surface area (Å²) < 4.78 is 1.72. The van der Waals surface area contributed by atoms with Crippen molar-refractivity contribution in [1.29, 1.82) is 0 Å². The fraction of sp³-hybridized carbons (Fsp3) is 0.786. The topological polar surface area (TPSA) is 71.8 Å². The lowest BCUT2D eigenvalue weighted by Crippen LogP contribution is -2.41. The van der Waals surface area contributed by atoms with Gasteiger partial charge in [-0.25, -0.2) is 0 Å². The Morgan fingerprint density at radius 2 is 1.95 bits per heavy atom. The highest BCUT2D eigenvalue weighted by Crippen LogP contribution is 2.17. The van der Waals surface area contributed by atoms with E-state index in [0.717, 1.165) is 5.69 Å². The summed E-state index contributed by atoms with van der Waals surface area (Å²) >= 11 is 0. The Morgan fingerprint density at radius 1 is 1.30 bits per heavy atom. The first-order valence-electron chi connectivity index (χ1n) is 7.18. The number of nitrogens with zero attached hydrogens (tertiary/aromatic N) is 3. The first-order valence-corrected chi connectivity index (χ1v) is 7.18. The third-order valence-electron chi connectivity index (χ3n) is 2.85. The van der Waals surface area contributed by atoms with Crippen LogP contribution in [0.15, 0.2) is 6.20 Å². The van der Waals surface area contributed by atoms with Crippen molar-refractivity contribution in [3.8, 4) is 0 Å². The van der Waals surface area contributed by atoms with Gasteiger partial charge in [-0.05, 0) is 27.7 Å². The van der Waals surface area contributed by atoms with Crippen LogP contribution in [-0.4, -0.2) is 33.0 Å². The smallest absolute Gasteiger partial charge is 0.222 e. The molecule has 0 atom stereocenters. The minimum absolute atomic E-state index is 0.0385. The molecule has 0 aliphatic heterocycles. The van der Waals surface area contributed by atoms with Crippen molar-refractivity contribution >= 4 is 5.91 Å². The second-order valence-corrected chi connectivity index (χ2v) is 6.26. The van der Waals surface area contributed by atoms with Crippen LogP contribution in [0.1, 0.15) is 53.7 Å². The van der Waals surface area contributed by atoms with Crippen molar-refractivity contribution < 1.29 is 4.79 Å². The largest absolute Gasteiger partial charge is 0.354 e. The number of aryl methyl sites for hydroxylation is 1. The Kier molecular flexibility index (Phi) is 5.68. The van der Waals surface area contributed by atoms with Gasteiger partial charge in [0, 0.05) is 18.5 Å². The van der Waals surface area contributed by atoms with E-state index in [9.17, 15) is 4.79 Å². The molecule has 0 saturated carbocycles. The molecule has 1 heterocycles. The van der Waals surface area contributed by atoms with E-state index < -0.39 is 0 Å². The van der Waals surface area contributed by atoms with Crippen molar-refractivity contribution in [1.82, 2.24) is 25.6 Å². The normalized spacial score (nSPS) is 12.2. The van der Waals surface area contributed by atoms with E-state index in [2.05, 4.69) is 48.6 Å². The summed E-state index contributed by atoms with van der Waals surface area (Å²) in [6.45, 7) is 12.8. The highest BCUT2D eigenvalue weighted by atomic mass is 16.1. The van der Waals surface area contributed by atoms with Crippen molar-refractivity contribution in [3.05, 3.63) is 11.9 Å². The standard InChI is InChI=1S/C14H27N5O/c1-10(2)15-13(20)7-8-19-9-12(17-18-19)14(5,6)16-11(3)4/h9-11,16H,7-8H2,1-6H3,(H,15,20). The summed E-state index contributed by atoms with van der Waals surface area (Å²) in [5.41, 5.74) is 0.655. The summed E-state index contributed by atoms with van der Waals surface area (Å²) in [7, 11) is 0. The van der Waals surface area contributed by atoms with Crippen LogP contribution >= 0.6 is 0 Å². The molecule has 1 aromatic heterocycles. The van der Waals surface area contributed by atoms with Crippen molar-refractivity contribution in [2.24, 2.45) is 0 Å². The molecule has 1 aromatic rings. The Bertz CT molecular complexity index is 437. The maximum atomic E-state index is 11.6. The molecule has 1 rings (SSSR count). The molecule has 0 radical (unpaired) electrons. The predicted molar refractivity (Wildman–Crippen MR) is 79.2 cm³/mol. The van der Waals surface area contributed by atoms with Gasteiger partial charge in [0.15, 0.2) is 0 Å². The fourth-order valence-corrected chi connectivity index (χ4v) is 2.10. The van der Waals surface area contributed by atoms with Gasteiger partial charge in [-0.2, -0.15) is 0 Å². The average molecular weight is 281 g/mol. The van der Waals surface area contributed by atoms with E-state index in [1.54, 1.807) is 4.68 Å². The van der Waals surface area contributed by atoms with E-state index in [0.29, 0.717) is 19.0 Å². The maximum Gasteiger partial charge on any atom is 0.222 e. The second-order valence-electron chi connectivity index (χ2n) is 6.26. The van der Waals surface area contributed by atoms with E-state index in [-0.39, 0.29) is 17.5 Å². The van der Waals surface area contributed by atoms with Gasteiger partial charge in [0.25, 0.3) is 0 Å². The molecular formula is C14H27N5O. The number of amides is 1. The first-order chi connectivity index (χ1) is 9.20. The number of nitrogens with one attached hydrogen (secondary N) is 2. The maximum absolute atomic E-state index is 11.6. The van der Waals surface area contributed by atoms with Crippen LogP contribution in [-0.2, 0) is 16.9 Å². The Hall–Kier alpha value is -1.43. The molecule has 0 spiro atoms. The molecule has 1 amide bonds. The van der Waals surface area contributed by atoms with Gasteiger partial charge < -0.3 is 10.6 Å². The minimum Gasteiger partial charge on any atom is -0.354 e. The van der Waals surface area contributed by atoms with Crippen molar-refractivity contribution in [2.45, 2.75) is 72.1 Å². The predicted octanol–water partition coefficient (Wildman–Crippen LogP) is 1.43. The highest BCUT2D eigenvalue weighted by Gasteiger charge is 2.24. The molecule has 0 unspecified atom stereocenters. The van der Waals surface area contributed by atoms with Gasteiger partial charge in [0.05, 0.1) is 18.3 Å². The molecule has 20 heavy (non-hydrogen) atoms. The van der Waals surface area contributed by atoms with E-state index in [4.69, 9.17) is 0 Å². The molecule has 114 valence electrons. The van der Waals surface area contributed by atoms with Gasteiger partial charge in [-0.3, -0.25) is 9.48 Å².